The first-order valence-electron chi connectivity index (χ1n) is 8.09. The molecule has 0 aliphatic heterocycles. The number of hydrogen-bond acceptors (Lipinski definition) is 7. The second kappa shape index (κ2) is 7.39. The van der Waals surface area contributed by atoms with Gasteiger partial charge in [-0.2, -0.15) is 15.0 Å². The second-order valence-corrected chi connectivity index (χ2v) is 5.96. The van der Waals surface area contributed by atoms with Gasteiger partial charge in [0.15, 0.2) is 0 Å². The van der Waals surface area contributed by atoms with Gasteiger partial charge in [-0.1, -0.05) is 32.9 Å². The normalized spacial score (nSPS) is 11.1. The highest BCUT2D eigenvalue weighted by Gasteiger charge is 2.15. The molecule has 1 N–H and O–H groups in total. The van der Waals surface area contributed by atoms with Crippen molar-refractivity contribution < 1.29 is 4.52 Å². The molecule has 2 aromatic rings. The molecule has 0 spiro atoms. The summed E-state index contributed by atoms with van der Waals surface area (Å²) in [6.45, 7) is 8.88. The molecule has 7 heteroatoms. The Kier molecular flexibility index (Phi) is 5.52. The molecule has 0 bridgehead atoms. The van der Waals surface area contributed by atoms with Gasteiger partial charge in [0.1, 0.15) is 11.6 Å². The molecule has 0 saturated heterocycles. The van der Waals surface area contributed by atoms with E-state index in [1.165, 1.54) is 0 Å². The van der Waals surface area contributed by atoms with E-state index in [9.17, 15) is 0 Å². The molecule has 0 aromatic carbocycles. The maximum absolute atomic E-state index is 5.40. The van der Waals surface area contributed by atoms with Crippen molar-refractivity contribution in [2.75, 3.05) is 24.3 Å². The fourth-order valence-electron chi connectivity index (χ4n) is 2.22. The highest BCUT2D eigenvalue weighted by atomic mass is 16.5. The lowest BCUT2D eigenvalue weighted by atomic mass is 10.1. The summed E-state index contributed by atoms with van der Waals surface area (Å²) >= 11 is 0. The minimum atomic E-state index is 0.241. The van der Waals surface area contributed by atoms with Crippen LogP contribution in [-0.2, 0) is 19.4 Å². The van der Waals surface area contributed by atoms with Crippen LogP contribution in [0.2, 0.25) is 0 Å². The van der Waals surface area contributed by atoms with Crippen LogP contribution in [0.4, 0.5) is 11.9 Å². The third-order valence-corrected chi connectivity index (χ3v) is 3.59. The van der Waals surface area contributed by atoms with E-state index in [-0.39, 0.29) is 5.92 Å². The van der Waals surface area contributed by atoms with Gasteiger partial charge < -0.3 is 14.7 Å². The lowest BCUT2D eigenvalue weighted by Crippen LogP contribution is -2.17. The van der Waals surface area contributed by atoms with E-state index in [0.717, 1.165) is 35.7 Å². The van der Waals surface area contributed by atoms with Crippen LogP contribution in [-0.4, -0.2) is 34.2 Å². The smallest absolute Gasteiger partial charge is 0.229 e. The van der Waals surface area contributed by atoms with Crippen molar-refractivity contribution >= 4 is 11.9 Å². The molecular formula is C16H26N6O. The lowest BCUT2D eigenvalue weighted by Gasteiger charge is -2.14. The van der Waals surface area contributed by atoms with Crippen LogP contribution in [0, 0.1) is 0 Å². The van der Waals surface area contributed by atoms with Crippen molar-refractivity contribution in [2.45, 2.75) is 53.0 Å². The topological polar surface area (TPSA) is 80.0 Å². The van der Waals surface area contributed by atoms with Crippen molar-refractivity contribution in [1.29, 1.82) is 0 Å². The fraction of sp³-hybridized carbons (Fsp3) is 0.625. The van der Waals surface area contributed by atoms with Crippen LogP contribution in [0.5, 0.6) is 0 Å². The molecule has 7 nitrogen and oxygen atoms in total. The standard InChI is InChI=1S/C16H26N6O/c1-7-12-11(13(8-2)23-21-12)9-17-15-18-14(10(3)4)19-16(20-15)22(5)6/h10H,7-9H2,1-6H3,(H,17,18,19,20). The Morgan fingerprint density at radius 1 is 1.09 bits per heavy atom. The molecule has 0 amide bonds. The molecule has 0 saturated carbocycles. The van der Waals surface area contributed by atoms with Gasteiger partial charge in [-0.3, -0.25) is 0 Å². The van der Waals surface area contributed by atoms with Gasteiger partial charge in [0.05, 0.1) is 5.69 Å². The largest absolute Gasteiger partial charge is 0.361 e. The van der Waals surface area contributed by atoms with Gasteiger partial charge in [0, 0.05) is 38.5 Å². The Morgan fingerprint density at radius 2 is 1.83 bits per heavy atom. The summed E-state index contributed by atoms with van der Waals surface area (Å²) in [5.41, 5.74) is 2.09. The maximum atomic E-state index is 5.40. The highest BCUT2D eigenvalue weighted by molar-refractivity contribution is 5.37. The van der Waals surface area contributed by atoms with E-state index in [2.05, 4.69) is 53.1 Å². The first kappa shape index (κ1) is 17.2. The number of nitrogens with one attached hydrogen (secondary N) is 1. The molecule has 0 fully saturated rings. The summed E-state index contributed by atoms with van der Waals surface area (Å²) in [5.74, 6) is 3.18. The molecule has 0 aliphatic rings. The molecule has 23 heavy (non-hydrogen) atoms. The third-order valence-electron chi connectivity index (χ3n) is 3.59. The van der Waals surface area contributed by atoms with Gasteiger partial charge in [-0.05, 0) is 6.42 Å². The van der Waals surface area contributed by atoms with Crippen molar-refractivity contribution in [3.8, 4) is 0 Å². The van der Waals surface area contributed by atoms with Crippen molar-refractivity contribution in [3.05, 3.63) is 22.8 Å². The summed E-state index contributed by atoms with van der Waals surface area (Å²) in [7, 11) is 3.85. The average Bonchev–Trinajstić information content (AvgIpc) is 2.94. The van der Waals surface area contributed by atoms with Crippen molar-refractivity contribution in [3.63, 3.8) is 0 Å². The summed E-state index contributed by atoms with van der Waals surface area (Å²) in [6.07, 6.45) is 1.67. The van der Waals surface area contributed by atoms with Crippen LogP contribution >= 0.6 is 0 Å². The van der Waals surface area contributed by atoms with Gasteiger partial charge in [0.2, 0.25) is 11.9 Å². The minimum absolute atomic E-state index is 0.241. The second-order valence-electron chi connectivity index (χ2n) is 5.96. The highest BCUT2D eigenvalue weighted by Crippen LogP contribution is 2.19. The lowest BCUT2D eigenvalue weighted by molar-refractivity contribution is 0.380. The monoisotopic (exact) mass is 318 g/mol. The molecule has 0 radical (unpaired) electrons. The Hall–Kier alpha value is -2.18. The molecule has 0 atom stereocenters. The molecule has 126 valence electrons. The van der Waals surface area contributed by atoms with Gasteiger partial charge in [-0.25, -0.2) is 0 Å². The number of aromatic nitrogens is 4. The van der Waals surface area contributed by atoms with E-state index in [1.54, 1.807) is 0 Å². The predicted molar refractivity (Wildman–Crippen MR) is 90.8 cm³/mol. The van der Waals surface area contributed by atoms with E-state index in [1.807, 2.05) is 19.0 Å². The van der Waals surface area contributed by atoms with Crippen LogP contribution in [0.3, 0.4) is 0 Å². The Morgan fingerprint density at radius 3 is 2.39 bits per heavy atom. The molecule has 0 aliphatic carbocycles. The van der Waals surface area contributed by atoms with E-state index < -0.39 is 0 Å². The van der Waals surface area contributed by atoms with Gasteiger partial charge in [-0.15, -0.1) is 0 Å². The first-order valence-corrected chi connectivity index (χ1v) is 8.09. The molecule has 2 aromatic heterocycles. The van der Waals surface area contributed by atoms with E-state index in [0.29, 0.717) is 18.4 Å². The van der Waals surface area contributed by atoms with Crippen molar-refractivity contribution in [1.82, 2.24) is 20.1 Å². The van der Waals surface area contributed by atoms with Gasteiger partial charge in [0.25, 0.3) is 0 Å². The zero-order chi connectivity index (χ0) is 17.0. The molecule has 0 unspecified atom stereocenters. The van der Waals surface area contributed by atoms with Crippen LogP contribution < -0.4 is 10.2 Å². The van der Waals surface area contributed by atoms with E-state index >= 15 is 0 Å². The number of aryl methyl sites for hydroxylation is 2. The summed E-state index contributed by atoms with van der Waals surface area (Å²) < 4.78 is 5.40. The Bertz CT molecular complexity index is 602. The summed E-state index contributed by atoms with van der Waals surface area (Å²) in [5, 5.41) is 7.43. The summed E-state index contributed by atoms with van der Waals surface area (Å²) in [4.78, 5) is 15.3. The zero-order valence-corrected chi connectivity index (χ0v) is 14.8. The van der Waals surface area contributed by atoms with Gasteiger partial charge >= 0.3 is 0 Å². The fourth-order valence-corrected chi connectivity index (χ4v) is 2.22. The summed E-state index contributed by atoms with van der Waals surface area (Å²) in [6, 6.07) is 0. The quantitative estimate of drug-likeness (QED) is 0.840. The van der Waals surface area contributed by atoms with Crippen molar-refractivity contribution in [2.24, 2.45) is 0 Å². The number of hydrogen-bond donors (Lipinski definition) is 1. The third kappa shape index (κ3) is 3.97. The number of nitrogens with zero attached hydrogens (tertiary/aromatic N) is 5. The van der Waals surface area contributed by atoms with E-state index in [4.69, 9.17) is 4.52 Å². The maximum Gasteiger partial charge on any atom is 0.229 e. The predicted octanol–water partition coefficient (Wildman–Crippen LogP) is 2.79. The number of rotatable bonds is 7. The van der Waals surface area contributed by atoms with Crippen LogP contribution in [0.15, 0.2) is 4.52 Å². The molecular weight excluding hydrogens is 292 g/mol. The Labute approximate surface area is 137 Å². The van der Waals surface area contributed by atoms with Crippen LogP contribution in [0.25, 0.3) is 0 Å². The number of anilines is 2. The SMILES string of the molecule is CCc1noc(CC)c1CNc1nc(C(C)C)nc(N(C)C)n1. The molecule has 2 heterocycles. The minimum Gasteiger partial charge on any atom is -0.361 e. The first-order chi connectivity index (χ1) is 11.0. The molecule has 2 rings (SSSR count). The van der Waals surface area contributed by atoms with Crippen LogP contribution in [0.1, 0.15) is 56.5 Å². The zero-order valence-electron chi connectivity index (χ0n) is 14.8. The Balaban J connectivity index is 2.25. The average molecular weight is 318 g/mol.